The maximum Gasteiger partial charge on any atom is 0.258 e. The number of rotatable bonds is 7. The number of anilines is 2. The van der Waals surface area contributed by atoms with Crippen molar-refractivity contribution < 1.29 is 19.1 Å². The third-order valence-electron chi connectivity index (χ3n) is 8.05. The maximum atomic E-state index is 13.1. The van der Waals surface area contributed by atoms with E-state index in [9.17, 15) is 9.59 Å². The number of nitrogens with one attached hydrogen (secondary N) is 2. The Morgan fingerprint density at radius 2 is 1.88 bits per heavy atom. The lowest BCUT2D eigenvalue weighted by Crippen LogP contribution is -2.43. The molecule has 2 aromatic carbocycles. The number of piperidine rings is 1. The van der Waals surface area contributed by atoms with Crippen LogP contribution >= 0.6 is 11.6 Å². The number of hydrogen-bond donors (Lipinski definition) is 2. The number of fused-ring (bicyclic) bond motifs is 1. The van der Waals surface area contributed by atoms with Crippen molar-refractivity contribution in [3.05, 3.63) is 63.8 Å². The minimum Gasteiger partial charge on any atom is -0.495 e. The summed E-state index contributed by atoms with van der Waals surface area (Å²) in [5, 5.41) is 6.50. The van der Waals surface area contributed by atoms with Crippen LogP contribution in [0, 0.1) is 6.92 Å². The van der Waals surface area contributed by atoms with Gasteiger partial charge < -0.3 is 29.9 Å². The first-order valence-electron chi connectivity index (χ1n) is 13.6. The van der Waals surface area contributed by atoms with E-state index >= 15 is 0 Å². The van der Waals surface area contributed by atoms with Gasteiger partial charge in [0.25, 0.3) is 11.8 Å². The molecule has 0 radical (unpaired) electrons. The molecule has 3 aromatic rings. The molecule has 0 bridgehead atoms. The zero-order chi connectivity index (χ0) is 29.5. The van der Waals surface area contributed by atoms with Crippen LogP contribution in [0.5, 0.6) is 17.4 Å². The largest absolute Gasteiger partial charge is 0.495 e. The van der Waals surface area contributed by atoms with Crippen LogP contribution in [0.3, 0.4) is 0 Å². The maximum absolute atomic E-state index is 13.1. The lowest BCUT2D eigenvalue weighted by molar-refractivity contribution is 0.0689. The normalized spacial score (nSPS) is 16.9. The number of amides is 2. The van der Waals surface area contributed by atoms with Gasteiger partial charge in [-0.15, -0.1) is 0 Å². The number of carbonyl (C=O) groups is 2. The third-order valence-corrected chi connectivity index (χ3v) is 8.31. The summed E-state index contributed by atoms with van der Waals surface area (Å²) >= 11 is 6.40. The molecule has 2 aliphatic heterocycles. The van der Waals surface area contributed by atoms with Crippen LogP contribution in [0.2, 0.25) is 5.02 Å². The summed E-state index contributed by atoms with van der Waals surface area (Å²) in [6.07, 6.45) is 3.27. The Morgan fingerprint density at radius 3 is 2.59 bits per heavy atom. The molecule has 11 heteroatoms. The van der Waals surface area contributed by atoms with E-state index in [2.05, 4.69) is 32.5 Å². The molecule has 3 heterocycles. The molecule has 0 spiro atoms. The van der Waals surface area contributed by atoms with E-state index in [-0.39, 0.29) is 34.7 Å². The quantitative estimate of drug-likeness (QED) is 0.397. The van der Waals surface area contributed by atoms with Gasteiger partial charge in [-0.05, 0) is 83.1 Å². The van der Waals surface area contributed by atoms with Crippen LogP contribution < -0.4 is 20.1 Å². The van der Waals surface area contributed by atoms with Gasteiger partial charge in [0.2, 0.25) is 11.8 Å². The van der Waals surface area contributed by atoms with E-state index in [4.69, 9.17) is 21.1 Å². The van der Waals surface area contributed by atoms with Crippen molar-refractivity contribution in [3.63, 3.8) is 0 Å². The Labute approximate surface area is 245 Å². The summed E-state index contributed by atoms with van der Waals surface area (Å²) in [6, 6.07) is 9.17. The van der Waals surface area contributed by atoms with Crippen LogP contribution in [-0.2, 0) is 5.54 Å². The second-order valence-corrected chi connectivity index (χ2v) is 11.5. The zero-order valence-corrected chi connectivity index (χ0v) is 24.9. The van der Waals surface area contributed by atoms with Gasteiger partial charge in [-0.2, -0.15) is 4.98 Å². The molecule has 1 saturated heterocycles. The monoisotopic (exact) mass is 578 g/mol. The minimum absolute atomic E-state index is 0.0996. The number of aryl methyl sites for hydroxylation is 1. The first-order valence-corrected chi connectivity index (χ1v) is 13.9. The smallest absolute Gasteiger partial charge is 0.258 e. The van der Waals surface area contributed by atoms with Crippen LogP contribution in [0.4, 0.5) is 11.6 Å². The number of aromatic nitrogens is 2. The Balaban J connectivity index is 1.38. The molecule has 10 nitrogen and oxygen atoms in total. The standard InChI is InChI=1S/C30H35ClN6O4/c1-17-14-22(24(40-6)15-19(17)26(38)33-18-10-12-36(4)13-11-18)34-29-32-16-21(31)27(35-29)41-23-9-7-8-20-25(23)28(39)37(5)30(20,2)3/h7-9,14-16,18H,10-13H2,1-6H3,(H,33,38)(H,32,34,35). The highest BCUT2D eigenvalue weighted by Gasteiger charge is 2.42. The van der Waals surface area contributed by atoms with Crippen LogP contribution in [-0.4, -0.2) is 71.9 Å². The fourth-order valence-electron chi connectivity index (χ4n) is 5.27. The molecule has 1 fully saturated rings. The highest BCUT2D eigenvalue weighted by molar-refractivity contribution is 6.31. The second-order valence-electron chi connectivity index (χ2n) is 11.1. The summed E-state index contributed by atoms with van der Waals surface area (Å²) in [5.74, 6) is 0.875. The number of carbonyl (C=O) groups excluding carboxylic acids is 2. The van der Waals surface area contributed by atoms with Crippen molar-refractivity contribution in [2.45, 2.75) is 45.2 Å². The summed E-state index contributed by atoms with van der Waals surface area (Å²) in [6.45, 7) is 7.76. The van der Waals surface area contributed by atoms with Gasteiger partial charge >= 0.3 is 0 Å². The SMILES string of the molecule is COc1cc(C(=O)NC2CCN(C)CC2)c(C)cc1Nc1ncc(Cl)c(Oc2cccc3c2C(=O)N(C)C3(C)C)n1. The van der Waals surface area contributed by atoms with E-state index in [1.807, 2.05) is 39.0 Å². The predicted octanol–water partition coefficient (Wildman–Crippen LogP) is 5.13. The average Bonchev–Trinajstić information content (AvgIpc) is 3.12. The molecule has 2 amide bonds. The van der Waals surface area contributed by atoms with Crippen LogP contribution in [0.15, 0.2) is 36.5 Å². The molecule has 0 unspecified atom stereocenters. The number of benzene rings is 2. The van der Waals surface area contributed by atoms with Gasteiger partial charge in [-0.25, -0.2) is 4.98 Å². The van der Waals surface area contributed by atoms with Gasteiger partial charge in [-0.3, -0.25) is 9.59 Å². The van der Waals surface area contributed by atoms with E-state index < -0.39 is 5.54 Å². The molecule has 5 rings (SSSR count). The Hall–Kier alpha value is -3.89. The van der Waals surface area contributed by atoms with Crippen molar-refractivity contribution in [1.82, 2.24) is 25.1 Å². The predicted molar refractivity (Wildman–Crippen MR) is 158 cm³/mol. The number of halogens is 1. The van der Waals surface area contributed by atoms with Gasteiger partial charge in [0.15, 0.2) is 0 Å². The van der Waals surface area contributed by atoms with Gasteiger partial charge in [-0.1, -0.05) is 23.7 Å². The van der Waals surface area contributed by atoms with Crippen molar-refractivity contribution in [2.75, 3.05) is 39.6 Å². The molecule has 216 valence electrons. The zero-order valence-electron chi connectivity index (χ0n) is 24.2. The van der Waals surface area contributed by atoms with Gasteiger partial charge in [0, 0.05) is 18.7 Å². The fraction of sp³-hybridized carbons (Fsp3) is 0.400. The van der Waals surface area contributed by atoms with E-state index in [1.165, 1.54) is 13.3 Å². The first kappa shape index (κ1) is 28.6. The summed E-state index contributed by atoms with van der Waals surface area (Å²) in [7, 11) is 5.40. The summed E-state index contributed by atoms with van der Waals surface area (Å²) < 4.78 is 11.7. The van der Waals surface area contributed by atoms with E-state index in [1.54, 1.807) is 24.1 Å². The van der Waals surface area contributed by atoms with Gasteiger partial charge in [0.05, 0.1) is 30.1 Å². The molecule has 0 aliphatic carbocycles. The van der Waals surface area contributed by atoms with E-state index in [0.717, 1.165) is 37.1 Å². The molecule has 2 N–H and O–H groups in total. The Morgan fingerprint density at radius 1 is 1.15 bits per heavy atom. The number of methoxy groups -OCH3 is 1. The molecule has 2 aliphatic rings. The van der Waals surface area contributed by atoms with Crippen molar-refractivity contribution in [3.8, 4) is 17.4 Å². The molecule has 1 aromatic heterocycles. The first-order chi connectivity index (χ1) is 19.5. The Bertz CT molecular complexity index is 1500. The molecular formula is C30H35ClN6O4. The Kier molecular flexibility index (Phi) is 7.80. The highest BCUT2D eigenvalue weighted by Crippen LogP contribution is 2.43. The number of ether oxygens (including phenoxy) is 2. The topological polar surface area (TPSA) is 109 Å². The molecule has 0 atom stereocenters. The van der Waals surface area contributed by atoms with Crippen LogP contribution in [0.1, 0.15) is 58.5 Å². The number of likely N-dealkylation sites (tertiary alicyclic amines) is 1. The lowest BCUT2D eigenvalue weighted by atomic mass is 9.94. The minimum atomic E-state index is -0.474. The molecule has 0 saturated carbocycles. The average molecular weight is 579 g/mol. The molecular weight excluding hydrogens is 544 g/mol. The number of nitrogens with zero attached hydrogens (tertiary/aromatic N) is 4. The third kappa shape index (κ3) is 5.54. The van der Waals surface area contributed by atoms with Crippen molar-refractivity contribution >= 4 is 35.1 Å². The van der Waals surface area contributed by atoms with Crippen molar-refractivity contribution in [2.24, 2.45) is 0 Å². The van der Waals surface area contributed by atoms with Crippen molar-refractivity contribution in [1.29, 1.82) is 0 Å². The highest BCUT2D eigenvalue weighted by atomic mass is 35.5. The lowest BCUT2D eigenvalue weighted by Gasteiger charge is -2.29. The fourth-order valence-corrected chi connectivity index (χ4v) is 5.40. The summed E-state index contributed by atoms with van der Waals surface area (Å²) in [4.78, 5) is 38.9. The molecule has 41 heavy (non-hydrogen) atoms. The number of hydrogen-bond acceptors (Lipinski definition) is 8. The van der Waals surface area contributed by atoms with Crippen LogP contribution in [0.25, 0.3) is 0 Å². The second kappa shape index (κ2) is 11.2. The summed E-state index contributed by atoms with van der Waals surface area (Å²) in [5.41, 5.74) is 2.77. The van der Waals surface area contributed by atoms with Gasteiger partial charge in [0.1, 0.15) is 16.5 Å². The van der Waals surface area contributed by atoms with E-state index in [0.29, 0.717) is 28.3 Å².